The summed E-state index contributed by atoms with van der Waals surface area (Å²) in [5.74, 6) is 8.74. The highest BCUT2D eigenvalue weighted by molar-refractivity contribution is 7.99. The number of nitrogens with zero attached hydrogens (tertiary/aromatic N) is 2. The van der Waals surface area contributed by atoms with E-state index in [4.69, 9.17) is 5.84 Å². The summed E-state index contributed by atoms with van der Waals surface area (Å²) in [6.07, 6.45) is 3.04. The van der Waals surface area contributed by atoms with Crippen LogP contribution in [0.4, 0.5) is 5.82 Å². The highest BCUT2D eigenvalue weighted by Crippen LogP contribution is 2.23. The van der Waals surface area contributed by atoms with E-state index in [1.807, 2.05) is 17.8 Å². The van der Waals surface area contributed by atoms with Gasteiger partial charge in [0.2, 0.25) is 0 Å². The maximum absolute atomic E-state index is 5.44. The summed E-state index contributed by atoms with van der Waals surface area (Å²) in [4.78, 5) is 6.60. The summed E-state index contributed by atoms with van der Waals surface area (Å²) in [6.45, 7) is 0.901. The van der Waals surface area contributed by atoms with Gasteiger partial charge in [-0.3, -0.25) is 4.90 Å². The zero-order valence-corrected chi connectivity index (χ0v) is 10.3. The lowest BCUT2D eigenvalue weighted by Crippen LogP contribution is -2.31. The fourth-order valence-electron chi connectivity index (χ4n) is 1.96. The Morgan fingerprint density at radius 2 is 2.56 bits per heavy atom. The molecule has 0 aromatic carbocycles. The van der Waals surface area contributed by atoms with Crippen molar-refractivity contribution >= 4 is 17.6 Å². The molecule has 0 bridgehead atoms. The Bertz CT molecular complexity index is 339. The van der Waals surface area contributed by atoms with Crippen LogP contribution in [-0.2, 0) is 6.54 Å². The molecule has 0 aliphatic carbocycles. The van der Waals surface area contributed by atoms with Gasteiger partial charge in [-0.05, 0) is 25.3 Å². The fraction of sp³-hybridized carbons (Fsp3) is 0.545. The summed E-state index contributed by atoms with van der Waals surface area (Å²) in [7, 11) is 2.17. The monoisotopic (exact) mass is 238 g/mol. The molecule has 0 amide bonds. The topological polar surface area (TPSA) is 54.2 Å². The number of rotatable bonds is 4. The lowest BCUT2D eigenvalue weighted by atomic mass is 10.2. The van der Waals surface area contributed by atoms with Gasteiger partial charge in [0.1, 0.15) is 5.82 Å². The molecule has 1 aromatic rings. The average molecular weight is 238 g/mol. The molecule has 4 nitrogen and oxygen atoms in total. The van der Waals surface area contributed by atoms with E-state index in [0.29, 0.717) is 6.04 Å². The average Bonchev–Trinajstić information content (AvgIpc) is 2.83. The molecule has 1 atom stereocenters. The van der Waals surface area contributed by atoms with Gasteiger partial charge in [0.15, 0.2) is 0 Å². The number of anilines is 1. The summed E-state index contributed by atoms with van der Waals surface area (Å²) >= 11 is 2.03. The molecule has 2 heterocycles. The number of hydrogen-bond acceptors (Lipinski definition) is 5. The molecule has 0 spiro atoms. The lowest BCUT2D eigenvalue weighted by molar-refractivity contribution is 0.254. The van der Waals surface area contributed by atoms with Crippen LogP contribution in [0, 0.1) is 0 Å². The molecular formula is C11H18N4S. The van der Waals surface area contributed by atoms with Gasteiger partial charge in [-0.1, -0.05) is 6.07 Å². The van der Waals surface area contributed by atoms with Gasteiger partial charge in [0.25, 0.3) is 0 Å². The number of nitrogen functional groups attached to an aromatic ring is 1. The van der Waals surface area contributed by atoms with Crippen LogP contribution >= 0.6 is 11.8 Å². The largest absolute Gasteiger partial charge is 0.308 e. The molecule has 1 aromatic heterocycles. The van der Waals surface area contributed by atoms with Crippen LogP contribution in [0.25, 0.3) is 0 Å². The molecule has 0 saturated carbocycles. The van der Waals surface area contributed by atoms with Gasteiger partial charge in [-0.15, -0.1) is 0 Å². The molecule has 1 fully saturated rings. The van der Waals surface area contributed by atoms with E-state index in [9.17, 15) is 0 Å². The molecule has 5 heteroatoms. The lowest BCUT2D eigenvalue weighted by Gasteiger charge is -2.24. The van der Waals surface area contributed by atoms with Crippen LogP contribution in [0.3, 0.4) is 0 Å². The van der Waals surface area contributed by atoms with Gasteiger partial charge in [-0.25, -0.2) is 10.8 Å². The van der Waals surface area contributed by atoms with E-state index >= 15 is 0 Å². The van der Waals surface area contributed by atoms with E-state index < -0.39 is 0 Å². The van der Waals surface area contributed by atoms with Gasteiger partial charge < -0.3 is 5.43 Å². The first-order valence-electron chi connectivity index (χ1n) is 5.49. The molecule has 1 aliphatic rings. The number of pyridine rings is 1. The number of nitrogens with one attached hydrogen (secondary N) is 1. The first-order chi connectivity index (χ1) is 7.81. The van der Waals surface area contributed by atoms with Crippen molar-refractivity contribution in [1.29, 1.82) is 0 Å². The summed E-state index contributed by atoms with van der Waals surface area (Å²) in [6, 6.07) is 4.71. The zero-order valence-electron chi connectivity index (χ0n) is 9.52. The van der Waals surface area contributed by atoms with Gasteiger partial charge >= 0.3 is 0 Å². The van der Waals surface area contributed by atoms with Crippen molar-refractivity contribution in [2.24, 2.45) is 5.84 Å². The minimum Gasteiger partial charge on any atom is -0.308 e. The molecule has 0 radical (unpaired) electrons. The van der Waals surface area contributed by atoms with Crippen molar-refractivity contribution in [1.82, 2.24) is 9.88 Å². The second kappa shape index (κ2) is 5.52. The van der Waals surface area contributed by atoms with Crippen molar-refractivity contribution in [3.8, 4) is 0 Å². The van der Waals surface area contributed by atoms with Gasteiger partial charge in [-0.2, -0.15) is 11.8 Å². The molecule has 1 saturated heterocycles. The summed E-state index contributed by atoms with van der Waals surface area (Å²) in [5.41, 5.74) is 3.81. The minimum atomic E-state index is 0.691. The number of thioether (sulfide) groups is 1. The minimum absolute atomic E-state index is 0.691. The second-order valence-electron chi connectivity index (χ2n) is 4.09. The Morgan fingerprint density at radius 1 is 1.69 bits per heavy atom. The standard InChI is InChI=1S/C11H18N4S/c1-15(10-4-6-16-8-10)7-9-3-2-5-13-11(9)14-12/h2-3,5,10H,4,6-8,12H2,1H3,(H,13,14). The molecule has 1 aliphatic heterocycles. The third-order valence-corrected chi connectivity index (χ3v) is 4.12. The van der Waals surface area contributed by atoms with Crippen molar-refractivity contribution in [3.05, 3.63) is 23.9 Å². The van der Waals surface area contributed by atoms with Crippen molar-refractivity contribution in [2.75, 3.05) is 24.0 Å². The summed E-state index contributed by atoms with van der Waals surface area (Å²) in [5, 5.41) is 0. The summed E-state index contributed by atoms with van der Waals surface area (Å²) < 4.78 is 0. The predicted octanol–water partition coefficient (Wildman–Crippen LogP) is 1.30. The molecule has 1 unspecified atom stereocenters. The molecule has 88 valence electrons. The van der Waals surface area contributed by atoms with Gasteiger partial charge in [0.05, 0.1) is 0 Å². The Balaban J connectivity index is 2.01. The van der Waals surface area contributed by atoms with Crippen molar-refractivity contribution in [2.45, 2.75) is 19.0 Å². The van der Waals surface area contributed by atoms with E-state index in [1.165, 1.54) is 17.9 Å². The SMILES string of the molecule is CN(Cc1cccnc1NN)C1CCSC1. The second-order valence-corrected chi connectivity index (χ2v) is 5.24. The first kappa shape index (κ1) is 11.7. The zero-order chi connectivity index (χ0) is 11.4. The predicted molar refractivity (Wildman–Crippen MR) is 69.2 cm³/mol. The maximum atomic E-state index is 5.44. The Hall–Kier alpha value is -0.780. The van der Waals surface area contributed by atoms with Crippen LogP contribution in [-0.4, -0.2) is 34.5 Å². The van der Waals surface area contributed by atoms with E-state index in [-0.39, 0.29) is 0 Å². The number of hydrazine groups is 1. The molecule has 3 N–H and O–H groups in total. The third kappa shape index (κ3) is 2.66. The van der Waals surface area contributed by atoms with Crippen LogP contribution < -0.4 is 11.3 Å². The van der Waals surface area contributed by atoms with E-state index in [0.717, 1.165) is 17.9 Å². The molecule has 2 rings (SSSR count). The van der Waals surface area contributed by atoms with Crippen molar-refractivity contribution < 1.29 is 0 Å². The number of aromatic nitrogens is 1. The van der Waals surface area contributed by atoms with E-state index in [1.54, 1.807) is 6.20 Å². The Labute approximate surface area is 101 Å². The van der Waals surface area contributed by atoms with Crippen LogP contribution in [0.5, 0.6) is 0 Å². The number of nitrogens with two attached hydrogens (primary N) is 1. The quantitative estimate of drug-likeness (QED) is 0.612. The first-order valence-corrected chi connectivity index (χ1v) is 6.65. The number of hydrogen-bond donors (Lipinski definition) is 2. The van der Waals surface area contributed by atoms with Crippen molar-refractivity contribution in [3.63, 3.8) is 0 Å². The normalized spacial score (nSPS) is 20.3. The van der Waals surface area contributed by atoms with Crippen LogP contribution in [0.15, 0.2) is 18.3 Å². The smallest absolute Gasteiger partial charge is 0.144 e. The van der Waals surface area contributed by atoms with Crippen LogP contribution in [0.1, 0.15) is 12.0 Å². The third-order valence-electron chi connectivity index (χ3n) is 2.98. The maximum Gasteiger partial charge on any atom is 0.144 e. The highest BCUT2D eigenvalue weighted by Gasteiger charge is 2.20. The molecular weight excluding hydrogens is 220 g/mol. The van der Waals surface area contributed by atoms with Crippen LogP contribution in [0.2, 0.25) is 0 Å². The Kier molecular flexibility index (Phi) is 4.04. The Morgan fingerprint density at radius 3 is 3.25 bits per heavy atom. The molecule has 16 heavy (non-hydrogen) atoms. The highest BCUT2D eigenvalue weighted by atomic mass is 32.2. The van der Waals surface area contributed by atoms with Gasteiger partial charge in [0, 0.05) is 30.1 Å². The van der Waals surface area contributed by atoms with E-state index in [2.05, 4.69) is 28.4 Å². The fourth-order valence-corrected chi connectivity index (χ4v) is 3.26.